The van der Waals surface area contributed by atoms with Gasteiger partial charge in [0.05, 0.1) is 24.3 Å². The van der Waals surface area contributed by atoms with Crippen LogP contribution in [0.4, 0.5) is 0 Å². The highest BCUT2D eigenvalue weighted by molar-refractivity contribution is 5.35. The number of hydrogen-bond donors (Lipinski definition) is 0. The summed E-state index contributed by atoms with van der Waals surface area (Å²) in [6, 6.07) is 5.58. The molecule has 0 N–H and O–H groups in total. The van der Waals surface area contributed by atoms with Crippen LogP contribution in [0.1, 0.15) is 50.8 Å². The largest absolute Gasteiger partial charge is 0.299 e. The molecular weight excluding hydrogens is 366 g/mol. The summed E-state index contributed by atoms with van der Waals surface area (Å²) in [5.74, 6) is 1.36. The van der Waals surface area contributed by atoms with Crippen molar-refractivity contribution in [2.75, 3.05) is 13.1 Å². The van der Waals surface area contributed by atoms with Crippen molar-refractivity contribution in [2.45, 2.75) is 59.0 Å². The maximum Gasteiger partial charge on any atom is 0.253 e. The van der Waals surface area contributed by atoms with Crippen LogP contribution in [0, 0.1) is 12.8 Å². The van der Waals surface area contributed by atoms with Crippen molar-refractivity contribution in [3.05, 3.63) is 52.1 Å². The molecule has 0 saturated carbocycles. The van der Waals surface area contributed by atoms with Gasteiger partial charge in [-0.2, -0.15) is 9.61 Å². The van der Waals surface area contributed by atoms with Gasteiger partial charge in [-0.05, 0) is 50.9 Å². The van der Waals surface area contributed by atoms with Crippen molar-refractivity contribution in [3.8, 4) is 0 Å². The molecule has 3 aromatic heterocycles. The van der Waals surface area contributed by atoms with Gasteiger partial charge in [-0.1, -0.05) is 20.8 Å². The fraction of sp³-hybridized carbons (Fsp3) is 0.571. The average Bonchev–Trinajstić information content (AvgIpc) is 3.06. The lowest BCUT2D eigenvalue weighted by molar-refractivity contribution is 0.162. The van der Waals surface area contributed by atoms with Gasteiger partial charge in [0.15, 0.2) is 11.5 Å². The molecule has 0 bridgehead atoms. The standard InChI is InChI=1S/C21H29N7O/c1-15-5-6-18-23-24-19(28(18)25-15)13-26-9-7-16(8-10-26)12-27-14-22-17(11-20(27)29)21(2,3)4/h5-6,11,14,16H,7-10,12-13H2,1-4H3. The third-order valence-corrected chi connectivity index (χ3v) is 5.64. The van der Waals surface area contributed by atoms with E-state index in [0.29, 0.717) is 5.92 Å². The molecule has 0 amide bonds. The molecule has 0 spiro atoms. The minimum Gasteiger partial charge on any atom is -0.299 e. The van der Waals surface area contributed by atoms with Crippen LogP contribution in [0.15, 0.2) is 29.3 Å². The molecule has 0 atom stereocenters. The van der Waals surface area contributed by atoms with Crippen LogP contribution in [0.2, 0.25) is 0 Å². The van der Waals surface area contributed by atoms with Gasteiger partial charge in [0.1, 0.15) is 0 Å². The van der Waals surface area contributed by atoms with E-state index in [0.717, 1.165) is 61.9 Å². The monoisotopic (exact) mass is 395 g/mol. The highest BCUT2D eigenvalue weighted by atomic mass is 16.1. The molecule has 1 aliphatic heterocycles. The molecule has 0 unspecified atom stereocenters. The number of fused-ring (bicyclic) bond motifs is 1. The van der Waals surface area contributed by atoms with Crippen LogP contribution in [-0.2, 0) is 18.5 Å². The Hall–Kier alpha value is -2.61. The molecule has 0 aliphatic carbocycles. The van der Waals surface area contributed by atoms with Gasteiger partial charge in [-0.3, -0.25) is 14.3 Å². The minimum atomic E-state index is -0.108. The Balaban J connectivity index is 1.36. The molecule has 0 aromatic carbocycles. The number of rotatable bonds is 4. The van der Waals surface area contributed by atoms with Gasteiger partial charge in [0.2, 0.25) is 0 Å². The van der Waals surface area contributed by atoms with E-state index in [1.54, 1.807) is 17.0 Å². The van der Waals surface area contributed by atoms with E-state index in [9.17, 15) is 4.79 Å². The topological polar surface area (TPSA) is 81.2 Å². The highest BCUT2D eigenvalue weighted by Crippen LogP contribution is 2.21. The summed E-state index contributed by atoms with van der Waals surface area (Å²) >= 11 is 0. The number of hydrogen-bond acceptors (Lipinski definition) is 6. The first-order chi connectivity index (χ1) is 13.8. The van der Waals surface area contributed by atoms with Crippen LogP contribution in [0.5, 0.6) is 0 Å². The van der Waals surface area contributed by atoms with Crippen molar-refractivity contribution >= 4 is 5.65 Å². The predicted octanol–water partition coefficient (Wildman–Crippen LogP) is 2.20. The molecule has 0 radical (unpaired) electrons. The van der Waals surface area contributed by atoms with Crippen molar-refractivity contribution in [1.29, 1.82) is 0 Å². The Morgan fingerprint density at radius 2 is 1.90 bits per heavy atom. The summed E-state index contributed by atoms with van der Waals surface area (Å²) < 4.78 is 3.59. The zero-order valence-electron chi connectivity index (χ0n) is 17.7. The number of piperidine rings is 1. The van der Waals surface area contributed by atoms with E-state index in [1.807, 2.05) is 23.6 Å². The van der Waals surface area contributed by atoms with Crippen LogP contribution < -0.4 is 5.56 Å². The van der Waals surface area contributed by atoms with Crippen LogP contribution in [-0.4, -0.2) is 47.4 Å². The number of nitrogens with zero attached hydrogens (tertiary/aromatic N) is 7. The van der Waals surface area contributed by atoms with E-state index in [-0.39, 0.29) is 11.0 Å². The second-order valence-electron chi connectivity index (χ2n) is 9.10. The van der Waals surface area contributed by atoms with Gasteiger partial charge in [0.25, 0.3) is 5.56 Å². The van der Waals surface area contributed by atoms with Gasteiger partial charge >= 0.3 is 0 Å². The van der Waals surface area contributed by atoms with Crippen molar-refractivity contribution < 1.29 is 0 Å². The van der Waals surface area contributed by atoms with Crippen molar-refractivity contribution in [1.82, 2.24) is 34.3 Å². The Labute approximate surface area is 170 Å². The summed E-state index contributed by atoms with van der Waals surface area (Å²) in [6.45, 7) is 11.6. The normalized spacial score (nSPS) is 16.6. The summed E-state index contributed by atoms with van der Waals surface area (Å²) in [5, 5.41) is 13.0. The van der Waals surface area contributed by atoms with Crippen LogP contribution >= 0.6 is 0 Å². The quantitative estimate of drug-likeness (QED) is 0.674. The molecule has 8 nitrogen and oxygen atoms in total. The number of aromatic nitrogens is 6. The maximum absolute atomic E-state index is 12.5. The first-order valence-corrected chi connectivity index (χ1v) is 10.3. The number of likely N-dealkylation sites (tertiary alicyclic amines) is 1. The molecule has 1 saturated heterocycles. The maximum atomic E-state index is 12.5. The van der Waals surface area contributed by atoms with Crippen molar-refractivity contribution in [3.63, 3.8) is 0 Å². The molecule has 1 fully saturated rings. The molecule has 3 aromatic rings. The van der Waals surface area contributed by atoms with Gasteiger partial charge < -0.3 is 0 Å². The van der Waals surface area contributed by atoms with E-state index in [1.165, 1.54) is 0 Å². The summed E-state index contributed by atoms with van der Waals surface area (Å²) in [7, 11) is 0. The number of aryl methyl sites for hydroxylation is 1. The second kappa shape index (κ2) is 7.67. The second-order valence-corrected chi connectivity index (χ2v) is 9.10. The van der Waals surface area contributed by atoms with E-state index < -0.39 is 0 Å². The fourth-order valence-corrected chi connectivity index (χ4v) is 3.80. The Bertz CT molecular complexity index is 1050. The molecule has 8 heteroatoms. The zero-order chi connectivity index (χ0) is 20.6. The van der Waals surface area contributed by atoms with E-state index >= 15 is 0 Å². The van der Waals surface area contributed by atoms with Gasteiger partial charge in [-0.15, -0.1) is 10.2 Å². The van der Waals surface area contributed by atoms with Crippen LogP contribution in [0.3, 0.4) is 0 Å². The first-order valence-electron chi connectivity index (χ1n) is 10.3. The zero-order valence-corrected chi connectivity index (χ0v) is 17.7. The van der Waals surface area contributed by atoms with Crippen LogP contribution in [0.25, 0.3) is 5.65 Å². The van der Waals surface area contributed by atoms with E-state index in [4.69, 9.17) is 0 Å². The Morgan fingerprint density at radius 1 is 1.14 bits per heavy atom. The molecule has 1 aliphatic rings. The summed E-state index contributed by atoms with van der Waals surface area (Å²) in [5.41, 5.74) is 2.52. The minimum absolute atomic E-state index is 0.0451. The van der Waals surface area contributed by atoms with Gasteiger partial charge in [-0.25, -0.2) is 4.98 Å². The Kier molecular flexibility index (Phi) is 5.21. The summed E-state index contributed by atoms with van der Waals surface area (Å²) in [6.07, 6.45) is 3.82. The predicted molar refractivity (Wildman–Crippen MR) is 111 cm³/mol. The lowest BCUT2D eigenvalue weighted by Crippen LogP contribution is -2.36. The molecule has 4 heterocycles. The van der Waals surface area contributed by atoms with Gasteiger partial charge in [0, 0.05) is 18.0 Å². The molecule has 29 heavy (non-hydrogen) atoms. The third kappa shape index (κ3) is 4.37. The molecule has 154 valence electrons. The lowest BCUT2D eigenvalue weighted by Gasteiger charge is -2.31. The third-order valence-electron chi connectivity index (χ3n) is 5.64. The summed E-state index contributed by atoms with van der Waals surface area (Å²) in [4.78, 5) is 19.4. The molecular formula is C21H29N7O. The Morgan fingerprint density at radius 3 is 2.59 bits per heavy atom. The smallest absolute Gasteiger partial charge is 0.253 e. The SMILES string of the molecule is Cc1ccc2nnc(CN3CCC(Cn4cnc(C(C)(C)C)cc4=O)CC3)n2n1. The average molecular weight is 396 g/mol. The lowest BCUT2D eigenvalue weighted by atomic mass is 9.92. The molecule has 4 rings (SSSR count). The van der Waals surface area contributed by atoms with Crippen molar-refractivity contribution in [2.24, 2.45) is 5.92 Å². The van der Waals surface area contributed by atoms with E-state index in [2.05, 4.69) is 46.0 Å². The highest BCUT2D eigenvalue weighted by Gasteiger charge is 2.22. The fourth-order valence-electron chi connectivity index (χ4n) is 3.80. The first kappa shape index (κ1) is 19.7.